The molecule has 0 aromatic carbocycles. The van der Waals surface area contributed by atoms with Crippen LogP contribution in [0.15, 0.2) is 0 Å². The van der Waals surface area contributed by atoms with Crippen molar-refractivity contribution in [2.75, 3.05) is 26.8 Å². The van der Waals surface area contributed by atoms with Crippen molar-refractivity contribution in [2.45, 2.75) is 45.2 Å². The molecule has 2 unspecified atom stereocenters. The summed E-state index contributed by atoms with van der Waals surface area (Å²) in [5.41, 5.74) is 5.83. The Morgan fingerprint density at radius 1 is 1.33 bits per heavy atom. The highest BCUT2D eigenvalue weighted by atomic mass is 16.5. The van der Waals surface area contributed by atoms with E-state index in [9.17, 15) is 0 Å². The molecule has 1 aliphatic heterocycles. The first-order valence-electron chi connectivity index (χ1n) is 6.12. The molecule has 15 heavy (non-hydrogen) atoms. The summed E-state index contributed by atoms with van der Waals surface area (Å²) in [6, 6.07) is 0.949. The molecular formula is C12H26N2O. The third-order valence-electron chi connectivity index (χ3n) is 3.39. The number of nitrogens with two attached hydrogens (primary N) is 1. The summed E-state index contributed by atoms with van der Waals surface area (Å²) in [6.45, 7) is 7.73. The van der Waals surface area contributed by atoms with Gasteiger partial charge in [0.15, 0.2) is 0 Å². The van der Waals surface area contributed by atoms with Gasteiger partial charge in [-0.2, -0.15) is 0 Å². The number of likely N-dealkylation sites (tertiary alicyclic amines) is 1. The topological polar surface area (TPSA) is 38.5 Å². The molecule has 1 rings (SSSR count). The molecule has 0 aromatic heterocycles. The average Bonchev–Trinajstić information content (AvgIpc) is 2.18. The largest absolute Gasteiger partial charge is 0.384 e. The summed E-state index contributed by atoms with van der Waals surface area (Å²) in [6.07, 6.45) is 3.66. The molecule has 0 radical (unpaired) electrons. The van der Waals surface area contributed by atoms with Crippen LogP contribution in [0.3, 0.4) is 0 Å². The first-order chi connectivity index (χ1) is 7.13. The van der Waals surface area contributed by atoms with Crippen LogP contribution in [0.4, 0.5) is 0 Å². The summed E-state index contributed by atoms with van der Waals surface area (Å²) < 4.78 is 5.20. The van der Waals surface area contributed by atoms with E-state index in [2.05, 4.69) is 18.7 Å². The standard InChI is InChI=1S/C12H26N2O/c1-10(13)8-11(2)14-6-4-12(5-7-14)9-15-3/h10-12H,4-9,13H2,1-3H3. The minimum absolute atomic E-state index is 0.316. The Balaban J connectivity index is 2.24. The summed E-state index contributed by atoms with van der Waals surface area (Å²) in [5.74, 6) is 0.772. The van der Waals surface area contributed by atoms with Crippen LogP contribution >= 0.6 is 0 Å². The average molecular weight is 214 g/mol. The van der Waals surface area contributed by atoms with Crippen LogP contribution < -0.4 is 5.73 Å². The van der Waals surface area contributed by atoms with E-state index in [4.69, 9.17) is 10.5 Å². The van der Waals surface area contributed by atoms with Gasteiger partial charge in [-0.15, -0.1) is 0 Å². The summed E-state index contributed by atoms with van der Waals surface area (Å²) in [4.78, 5) is 2.56. The molecule has 1 aliphatic rings. The van der Waals surface area contributed by atoms with Crippen LogP contribution in [0.5, 0.6) is 0 Å². The van der Waals surface area contributed by atoms with Crippen LogP contribution in [-0.2, 0) is 4.74 Å². The van der Waals surface area contributed by atoms with Gasteiger partial charge in [-0.3, -0.25) is 0 Å². The van der Waals surface area contributed by atoms with E-state index in [0.29, 0.717) is 12.1 Å². The molecule has 2 N–H and O–H groups in total. The first kappa shape index (κ1) is 12.9. The van der Waals surface area contributed by atoms with Crippen molar-refractivity contribution in [3.8, 4) is 0 Å². The van der Waals surface area contributed by atoms with E-state index >= 15 is 0 Å². The Kier molecular flexibility index (Phi) is 5.58. The molecule has 0 bridgehead atoms. The molecule has 1 fully saturated rings. The first-order valence-corrected chi connectivity index (χ1v) is 6.12. The van der Waals surface area contributed by atoms with Crippen molar-refractivity contribution in [2.24, 2.45) is 11.7 Å². The normalized spacial score (nSPS) is 24.0. The summed E-state index contributed by atoms with van der Waals surface area (Å²) in [5, 5.41) is 0. The molecule has 3 nitrogen and oxygen atoms in total. The van der Waals surface area contributed by atoms with Crippen molar-refractivity contribution in [3.05, 3.63) is 0 Å². The van der Waals surface area contributed by atoms with E-state index < -0.39 is 0 Å². The van der Waals surface area contributed by atoms with E-state index in [1.165, 1.54) is 25.9 Å². The van der Waals surface area contributed by atoms with Crippen LogP contribution in [0.1, 0.15) is 33.1 Å². The molecule has 0 aliphatic carbocycles. The summed E-state index contributed by atoms with van der Waals surface area (Å²) >= 11 is 0. The number of ether oxygens (including phenoxy) is 1. The number of piperidine rings is 1. The maximum absolute atomic E-state index is 5.83. The van der Waals surface area contributed by atoms with Crippen molar-refractivity contribution in [3.63, 3.8) is 0 Å². The molecular weight excluding hydrogens is 188 g/mol. The number of nitrogens with zero attached hydrogens (tertiary/aromatic N) is 1. The van der Waals surface area contributed by atoms with Crippen molar-refractivity contribution in [1.29, 1.82) is 0 Å². The Morgan fingerprint density at radius 3 is 2.40 bits per heavy atom. The third-order valence-corrected chi connectivity index (χ3v) is 3.39. The van der Waals surface area contributed by atoms with Crippen molar-refractivity contribution >= 4 is 0 Å². The minimum atomic E-state index is 0.316. The lowest BCUT2D eigenvalue weighted by atomic mass is 9.96. The molecule has 0 amide bonds. The van der Waals surface area contributed by atoms with Gasteiger partial charge in [-0.25, -0.2) is 0 Å². The number of methoxy groups -OCH3 is 1. The highest BCUT2D eigenvalue weighted by Crippen LogP contribution is 2.20. The fraction of sp³-hybridized carbons (Fsp3) is 1.00. The molecule has 0 spiro atoms. The van der Waals surface area contributed by atoms with Gasteiger partial charge < -0.3 is 15.4 Å². The Morgan fingerprint density at radius 2 is 1.93 bits per heavy atom. The van der Waals surface area contributed by atoms with Crippen LogP contribution in [0, 0.1) is 5.92 Å². The highest BCUT2D eigenvalue weighted by molar-refractivity contribution is 4.77. The van der Waals surface area contributed by atoms with Gasteiger partial charge in [0.1, 0.15) is 0 Å². The SMILES string of the molecule is COCC1CCN(C(C)CC(C)N)CC1. The van der Waals surface area contributed by atoms with Gasteiger partial charge in [0.25, 0.3) is 0 Å². The third kappa shape index (κ3) is 4.49. The Hall–Kier alpha value is -0.120. The van der Waals surface area contributed by atoms with E-state index in [1.807, 2.05) is 0 Å². The smallest absolute Gasteiger partial charge is 0.0491 e. The molecule has 3 heteroatoms. The predicted octanol–water partition coefficient (Wildman–Crippen LogP) is 1.47. The van der Waals surface area contributed by atoms with E-state index in [0.717, 1.165) is 18.9 Å². The second-order valence-corrected chi connectivity index (χ2v) is 5.00. The van der Waals surface area contributed by atoms with Crippen LogP contribution in [0.2, 0.25) is 0 Å². The van der Waals surface area contributed by atoms with Gasteiger partial charge in [0, 0.05) is 25.8 Å². The lowest BCUT2D eigenvalue weighted by molar-refractivity contribution is 0.0801. The maximum atomic E-state index is 5.83. The van der Waals surface area contributed by atoms with Crippen LogP contribution in [0.25, 0.3) is 0 Å². The molecule has 1 saturated heterocycles. The zero-order valence-electron chi connectivity index (χ0n) is 10.4. The van der Waals surface area contributed by atoms with Crippen LogP contribution in [-0.4, -0.2) is 43.8 Å². The van der Waals surface area contributed by atoms with Gasteiger partial charge in [-0.05, 0) is 52.1 Å². The second kappa shape index (κ2) is 6.46. The fourth-order valence-corrected chi connectivity index (χ4v) is 2.48. The maximum Gasteiger partial charge on any atom is 0.0491 e. The predicted molar refractivity (Wildman–Crippen MR) is 63.9 cm³/mol. The van der Waals surface area contributed by atoms with E-state index in [1.54, 1.807) is 7.11 Å². The highest BCUT2D eigenvalue weighted by Gasteiger charge is 2.22. The lowest BCUT2D eigenvalue weighted by Gasteiger charge is -2.36. The van der Waals surface area contributed by atoms with Crippen molar-refractivity contribution < 1.29 is 4.74 Å². The Bertz CT molecular complexity index is 165. The number of hydrogen-bond acceptors (Lipinski definition) is 3. The quantitative estimate of drug-likeness (QED) is 0.753. The van der Waals surface area contributed by atoms with Crippen molar-refractivity contribution in [1.82, 2.24) is 4.90 Å². The summed E-state index contributed by atoms with van der Waals surface area (Å²) in [7, 11) is 1.80. The van der Waals surface area contributed by atoms with Gasteiger partial charge >= 0.3 is 0 Å². The van der Waals surface area contributed by atoms with Gasteiger partial charge in [0.2, 0.25) is 0 Å². The monoisotopic (exact) mass is 214 g/mol. The minimum Gasteiger partial charge on any atom is -0.384 e. The second-order valence-electron chi connectivity index (χ2n) is 5.00. The van der Waals surface area contributed by atoms with Gasteiger partial charge in [-0.1, -0.05) is 0 Å². The zero-order chi connectivity index (χ0) is 11.3. The Labute approximate surface area is 94.0 Å². The molecule has 0 saturated carbocycles. The fourth-order valence-electron chi connectivity index (χ4n) is 2.48. The lowest BCUT2D eigenvalue weighted by Crippen LogP contribution is -2.42. The number of hydrogen-bond donors (Lipinski definition) is 1. The molecule has 1 heterocycles. The number of rotatable bonds is 5. The van der Waals surface area contributed by atoms with E-state index in [-0.39, 0.29) is 0 Å². The zero-order valence-corrected chi connectivity index (χ0v) is 10.4. The van der Waals surface area contributed by atoms with Gasteiger partial charge in [0.05, 0.1) is 0 Å². The molecule has 0 aromatic rings. The molecule has 90 valence electrons. The molecule has 2 atom stereocenters.